The van der Waals surface area contributed by atoms with E-state index in [0.717, 1.165) is 45.4 Å². The molecule has 2 unspecified atom stereocenters. The first-order valence-electron chi connectivity index (χ1n) is 7.94. The van der Waals surface area contributed by atoms with Gasteiger partial charge in [-0.25, -0.2) is 0 Å². The number of hydrogen-bond acceptors (Lipinski definition) is 3. The van der Waals surface area contributed by atoms with E-state index in [0.29, 0.717) is 17.9 Å². The van der Waals surface area contributed by atoms with Gasteiger partial charge in [0.1, 0.15) is 0 Å². The van der Waals surface area contributed by atoms with E-state index in [1.54, 1.807) is 0 Å². The molecule has 2 aliphatic rings. The van der Waals surface area contributed by atoms with Crippen molar-refractivity contribution in [1.82, 2.24) is 9.80 Å². The Morgan fingerprint density at radius 3 is 2.58 bits per heavy atom. The predicted molar refractivity (Wildman–Crippen MR) is 77.9 cm³/mol. The molecule has 2 N–H and O–H groups in total. The van der Waals surface area contributed by atoms with Crippen LogP contribution in [0.4, 0.5) is 0 Å². The van der Waals surface area contributed by atoms with Crippen LogP contribution in [0.3, 0.4) is 0 Å². The minimum atomic E-state index is 0.327. The molecule has 110 valence electrons. The van der Waals surface area contributed by atoms with Gasteiger partial charge in [0.2, 0.25) is 5.91 Å². The topological polar surface area (TPSA) is 49.6 Å². The molecule has 0 aromatic carbocycles. The summed E-state index contributed by atoms with van der Waals surface area (Å²) in [6, 6.07) is 0.327. The minimum Gasteiger partial charge on any atom is -0.340 e. The molecule has 0 aromatic heterocycles. The van der Waals surface area contributed by atoms with Crippen molar-refractivity contribution in [2.24, 2.45) is 11.7 Å². The maximum atomic E-state index is 12.3. The number of carbonyl (C=O) groups is 1. The van der Waals surface area contributed by atoms with Crippen LogP contribution in [0.25, 0.3) is 0 Å². The summed E-state index contributed by atoms with van der Waals surface area (Å²) < 4.78 is 0. The summed E-state index contributed by atoms with van der Waals surface area (Å²) in [5.41, 5.74) is 6.00. The van der Waals surface area contributed by atoms with Gasteiger partial charge < -0.3 is 10.6 Å². The highest BCUT2D eigenvalue weighted by Gasteiger charge is 2.26. The fourth-order valence-electron chi connectivity index (χ4n) is 3.43. The molecule has 1 saturated heterocycles. The molecular weight excluding hydrogens is 238 g/mol. The first kappa shape index (κ1) is 14.8. The fraction of sp³-hybridized carbons (Fsp3) is 0.933. The minimum absolute atomic E-state index is 0.327. The van der Waals surface area contributed by atoms with Gasteiger partial charge in [-0.3, -0.25) is 9.69 Å². The third-order valence-electron chi connectivity index (χ3n) is 4.55. The third kappa shape index (κ3) is 4.46. The molecule has 0 spiro atoms. The monoisotopic (exact) mass is 267 g/mol. The van der Waals surface area contributed by atoms with E-state index in [1.807, 2.05) is 0 Å². The van der Waals surface area contributed by atoms with Crippen molar-refractivity contribution in [3.05, 3.63) is 0 Å². The molecule has 1 amide bonds. The Hall–Kier alpha value is -0.610. The Morgan fingerprint density at radius 2 is 1.95 bits per heavy atom. The van der Waals surface area contributed by atoms with Crippen molar-refractivity contribution in [3.8, 4) is 0 Å². The summed E-state index contributed by atoms with van der Waals surface area (Å²) in [5, 5.41) is 0. The van der Waals surface area contributed by atoms with Gasteiger partial charge >= 0.3 is 0 Å². The fourth-order valence-corrected chi connectivity index (χ4v) is 3.43. The number of amides is 1. The molecule has 0 aromatic rings. The zero-order valence-electron chi connectivity index (χ0n) is 12.3. The van der Waals surface area contributed by atoms with E-state index in [4.69, 9.17) is 5.73 Å². The second-order valence-corrected chi connectivity index (χ2v) is 6.22. The Balaban J connectivity index is 1.72. The van der Waals surface area contributed by atoms with E-state index in [1.165, 1.54) is 25.8 Å². The molecule has 1 aliphatic carbocycles. The highest BCUT2D eigenvalue weighted by atomic mass is 16.2. The lowest BCUT2D eigenvalue weighted by Gasteiger charge is -2.36. The van der Waals surface area contributed by atoms with Crippen LogP contribution in [-0.4, -0.2) is 54.5 Å². The number of carbonyl (C=O) groups excluding carboxylic acids is 1. The summed E-state index contributed by atoms with van der Waals surface area (Å²) in [7, 11) is 0. The van der Waals surface area contributed by atoms with Crippen molar-refractivity contribution in [2.75, 3.05) is 32.7 Å². The number of nitrogens with zero attached hydrogens (tertiary/aromatic N) is 2. The second-order valence-electron chi connectivity index (χ2n) is 6.22. The standard InChI is InChI=1S/C15H29N3O/c1-2-6-17-7-9-18(10-8-17)15(19)12-13-4-3-5-14(16)11-13/h13-14H,2-12,16H2,1H3. The van der Waals surface area contributed by atoms with Gasteiger partial charge in [-0.1, -0.05) is 13.3 Å². The molecule has 1 heterocycles. The molecule has 19 heavy (non-hydrogen) atoms. The van der Waals surface area contributed by atoms with Gasteiger partial charge in [-0.05, 0) is 38.1 Å². The van der Waals surface area contributed by atoms with Crippen LogP contribution >= 0.6 is 0 Å². The second kappa shape index (κ2) is 7.25. The van der Waals surface area contributed by atoms with Gasteiger partial charge in [0.15, 0.2) is 0 Å². The van der Waals surface area contributed by atoms with E-state index in [-0.39, 0.29) is 0 Å². The lowest BCUT2D eigenvalue weighted by atomic mass is 9.84. The van der Waals surface area contributed by atoms with Crippen molar-refractivity contribution in [3.63, 3.8) is 0 Å². The van der Waals surface area contributed by atoms with Crippen LogP contribution in [0, 0.1) is 5.92 Å². The summed E-state index contributed by atoms with van der Waals surface area (Å²) >= 11 is 0. The zero-order chi connectivity index (χ0) is 13.7. The first-order chi connectivity index (χ1) is 9.19. The van der Waals surface area contributed by atoms with Gasteiger partial charge in [0.05, 0.1) is 0 Å². The summed E-state index contributed by atoms with van der Waals surface area (Å²) in [4.78, 5) is 16.8. The van der Waals surface area contributed by atoms with Crippen LogP contribution in [0.1, 0.15) is 45.4 Å². The first-order valence-corrected chi connectivity index (χ1v) is 7.94. The van der Waals surface area contributed by atoms with Crippen LogP contribution in [-0.2, 0) is 4.79 Å². The lowest BCUT2D eigenvalue weighted by Crippen LogP contribution is -2.49. The highest BCUT2D eigenvalue weighted by Crippen LogP contribution is 2.26. The lowest BCUT2D eigenvalue weighted by molar-refractivity contribution is -0.134. The number of hydrogen-bond donors (Lipinski definition) is 1. The average Bonchev–Trinajstić information content (AvgIpc) is 2.40. The summed E-state index contributed by atoms with van der Waals surface area (Å²) in [6.07, 6.45) is 6.50. The van der Waals surface area contributed by atoms with Crippen molar-refractivity contribution in [2.45, 2.75) is 51.5 Å². The average molecular weight is 267 g/mol. The maximum absolute atomic E-state index is 12.3. The number of rotatable bonds is 4. The van der Waals surface area contributed by atoms with E-state index >= 15 is 0 Å². The molecule has 0 radical (unpaired) electrons. The van der Waals surface area contributed by atoms with Gasteiger partial charge in [-0.2, -0.15) is 0 Å². The third-order valence-corrected chi connectivity index (χ3v) is 4.55. The van der Waals surface area contributed by atoms with Crippen molar-refractivity contribution in [1.29, 1.82) is 0 Å². The molecule has 1 aliphatic heterocycles. The molecule has 1 saturated carbocycles. The maximum Gasteiger partial charge on any atom is 0.222 e. The summed E-state index contributed by atoms with van der Waals surface area (Å²) in [5.74, 6) is 0.889. The SMILES string of the molecule is CCCN1CCN(C(=O)CC2CCCC(N)C2)CC1. The van der Waals surface area contributed by atoms with Crippen LogP contribution in [0.5, 0.6) is 0 Å². The number of piperazine rings is 1. The van der Waals surface area contributed by atoms with Gasteiger partial charge in [0.25, 0.3) is 0 Å². The molecular formula is C15H29N3O. The Bertz CT molecular complexity index is 287. The quantitative estimate of drug-likeness (QED) is 0.838. The largest absolute Gasteiger partial charge is 0.340 e. The highest BCUT2D eigenvalue weighted by molar-refractivity contribution is 5.76. The van der Waals surface area contributed by atoms with Crippen molar-refractivity contribution >= 4 is 5.91 Å². The normalized spacial score (nSPS) is 29.5. The number of nitrogens with two attached hydrogens (primary N) is 1. The van der Waals surface area contributed by atoms with Gasteiger partial charge in [-0.15, -0.1) is 0 Å². The summed E-state index contributed by atoms with van der Waals surface area (Å²) in [6.45, 7) is 7.30. The Kier molecular flexibility index (Phi) is 5.64. The molecule has 4 heteroatoms. The van der Waals surface area contributed by atoms with Crippen LogP contribution in [0.15, 0.2) is 0 Å². The molecule has 0 bridgehead atoms. The molecule has 2 fully saturated rings. The van der Waals surface area contributed by atoms with E-state index in [2.05, 4.69) is 16.7 Å². The van der Waals surface area contributed by atoms with Crippen LogP contribution in [0.2, 0.25) is 0 Å². The van der Waals surface area contributed by atoms with Crippen molar-refractivity contribution < 1.29 is 4.79 Å². The Morgan fingerprint density at radius 1 is 1.21 bits per heavy atom. The molecule has 2 rings (SSSR count). The molecule has 2 atom stereocenters. The van der Waals surface area contributed by atoms with E-state index < -0.39 is 0 Å². The smallest absolute Gasteiger partial charge is 0.222 e. The zero-order valence-corrected chi connectivity index (χ0v) is 12.3. The van der Waals surface area contributed by atoms with Gasteiger partial charge in [0, 0.05) is 38.6 Å². The molecule has 4 nitrogen and oxygen atoms in total. The predicted octanol–water partition coefficient (Wildman–Crippen LogP) is 1.45. The Labute approximate surface area is 117 Å². The van der Waals surface area contributed by atoms with E-state index in [9.17, 15) is 4.79 Å². The van der Waals surface area contributed by atoms with Crippen LogP contribution < -0.4 is 5.73 Å².